The van der Waals surface area contributed by atoms with E-state index < -0.39 is 22.3 Å². The van der Waals surface area contributed by atoms with Gasteiger partial charge in [0.15, 0.2) is 0 Å². The Labute approximate surface area is 119 Å². The van der Waals surface area contributed by atoms with Crippen LogP contribution in [0.15, 0.2) is 36.4 Å². The van der Waals surface area contributed by atoms with Gasteiger partial charge in [0.25, 0.3) is 5.91 Å². The molecule has 0 heterocycles. The third kappa shape index (κ3) is 3.14. The molecule has 2 N–H and O–H groups in total. The molecule has 0 spiro atoms. The van der Waals surface area contributed by atoms with Crippen molar-refractivity contribution >= 4 is 17.3 Å². The van der Waals surface area contributed by atoms with Gasteiger partial charge >= 0.3 is 5.69 Å². The second-order valence-electron chi connectivity index (χ2n) is 4.38. The summed E-state index contributed by atoms with van der Waals surface area (Å²) in [6, 6.07) is 7.29. The first-order chi connectivity index (χ1) is 9.88. The van der Waals surface area contributed by atoms with Crippen LogP contribution in [0.25, 0.3) is 0 Å². The number of phenols is 1. The van der Waals surface area contributed by atoms with Crippen molar-refractivity contribution in [3.63, 3.8) is 0 Å². The van der Waals surface area contributed by atoms with Crippen molar-refractivity contribution in [2.45, 2.75) is 6.92 Å². The lowest BCUT2D eigenvalue weighted by Gasteiger charge is -2.08. The van der Waals surface area contributed by atoms with E-state index in [9.17, 15) is 24.4 Å². The normalized spacial score (nSPS) is 10.2. The van der Waals surface area contributed by atoms with Gasteiger partial charge in [-0.2, -0.15) is 4.39 Å². The first-order valence-corrected chi connectivity index (χ1v) is 5.93. The van der Waals surface area contributed by atoms with Crippen LogP contribution < -0.4 is 5.32 Å². The molecule has 0 aliphatic heterocycles. The van der Waals surface area contributed by atoms with Crippen molar-refractivity contribution in [1.82, 2.24) is 0 Å². The van der Waals surface area contributed by atoms with Gasteiger partial charge < -0.3 is 10.4 Å². The third-order valence-corrected chi connectivity index (χ3v) is 2.86. The monoisotopic (exact) mass is 290 g/mol. The summed E-state index contributed by atoms with van der Waals surface area (Å²) in [7, 11) is 0. The van der Waals surface area contributed by atoms with E-state index in [-0.39, 0.29) is 11.3 Å². The van der Waals surface area contributed by atoms with Crippen LogP contribution in [-0.4, -0.2) is 15.9 Å². The second kappa shape index (κ2) is 5.58. The predicted molar refractivity (Wildman–Crippen MR) is 73.9 cm³/mol. The lowest BCUT2D eigenvalue weighted by molar-refractivity contribution is -0.387. The predicted octanol–water partition coefficient (Wildman–Crippen LogP) is 3.00. The third-order valence-electron chi connectivity index (χ3n) is 2.86. The van der Waals surface area contributed by atoms with E-state index >= 15 is 0 Å². The number of amides is 1. The molecule has 0 aliphatic carbocycles. The fraction of sp³-hybridized carbons (Fsp3) is 0.0714. The van der Waals surface area contributed by atoms with Crippen LogP contribution in [0, 0.1) is 22.9 Å². The first kappa shape index (κ1) is 14.4. The zero-order valence-electron chi connectivity index (χ0n) is 11.0. The van der Waals surface area contributed by atoms with E-state index in [1.165, 1.54) is 24.3 Å². The number of aromatic hydroxyl groups is 1. The van der Waals surface area contributed by atoms with Crippen molar-refractivity contribution < 1.29 is 19.2 Å². The molecule has 21 heavy (non-hydrogen) atoms. The van der Waals surface area contributed by atoms with Crippen molar-refractivity contribution in [3.8, 4) is 5.75 Å². The van der Waals surface area contributed by atoms with Crippen LogP contribution in [0.1, 0.15) is 15.9 Å². The van der Waals surface area contributed by atoms with Gasteiger partial charge in [0.2, 0.25) is 5.82 Å². The maximum atomic E-state index is 13.5. The Morgan fingerprint density at radius 2 is 2.00 bits per heavy atom. The van der Waals surface area contributed by atoms with Crippen molar-refractivity contribution in [3.05, 3.63) is 63.5 Å². The molecular formula is C14H11FN2O4. The number of aryl methyl sites for hydroxylation is 1. The zero-order valence-corrected chi connectivity index (χ0v) is 11.0. The molecule has 0 aliphatic rings. The average Bonchev–Trinajstić information content (AvgIpc) is 2.41. The number of nitro groups is 1. The summed E-state index contributed by atoms with van der Waals surface area (Å²) in [6.45, 7) is 1.69. The standard InChI is InChI=1S/C14H11FN2O4/c1-8-6-10(18)3-4-12(8)16-14(19)9-2-5-13(17(20)21)11(15)7-9/h2-7,18H,1H3,(H,16,19). The molecule has 6 nitrogen and oxygen atoms in total. The fourth-order valence-corrected chi connectivity index (χ4v) is 1.78. The molecule has 1 amide bonds. The highest BCUT2D eigenvalue weighted by Gasteiger charge is 2.17. The minimum absolute atomic E-state index is 0.0365. The minimum atomic E-state index is -1.07. The molecule has 2 rings (SSSR count). The summed E-state index contributed by atoms with van der Waals surface area (Å²) in [5, 5.41) is 22.3. The second-order valence-corrected chi connectivity index (χ2v) is 4.38. The van der Waals surface area contributed by atoms with Crippen molar-refractivity contribution in [1.29, 1.82) is 0 Å². The Morgan fingerprint density at radius 3 is 2.57 bits per heavy atom. The van der Waals surface area contributed by atoms with Gasteiger partial charge in [0.05, 0.1) is 4.92 Å². The largest absolute Gasteiger partial charge is 0.508 e. The van der Waals surface area contributed by atoms with E-state index in [1.807, 2.05) is 0 Å². The molecule has 0 aromatic heterocycles. The molecule has 0 saturated carbocycles. The number of phenolic OH excluding ortho intramolecular Hbond substituents is 1. The molecule has 0 atom stereocenters. The van der Waals surface area contributed by atoms with E-state index in [0.717, 1.165) is 12.1 Å². The van der Waals surface area contributed by atoms with Crippen molar-refractivity contribution in [2.75, 3.05) is 5.32 Å². The van der Waals surface area contributed by atoms with Gasteiger partial charge in [0.1, 0.15) is 5.75 Å². The molecule has 2 aromatic rings. The quantitative estimate of drug-likeness (QED) is 0.516. The Hall–Kier alpha value is -2.96. The maximum absolute atomic E-state index is 13.5. The highest BCUT2D eigenvalue weighted by molar-refractivity contribution is 6.04. The van der Waals surface area contributed by atoms with Gasteiger partial charge in [-0.3, -0.25) is 14.9 Å². The van der Waals surface area contributed by atoms with E-state index in [4.69, 9.17) is 0 Å². The number of carbonyl (C=O) groups excluding carboxylic acids is 1. The molecular weight excluding hydrogens is 279 g/mol. The summed E-state index contributed by atoms with van der Waals surface area (Å²) < 4.78 is 13.5. The smallest absolute Gasteiger partial charge is 0.304 e. The number of anilines is 1. The van der Waals surface area contributed by atoms with Crippen LogP contribution in [-0.2, 0) is 0 Å². The van der Waals surface area contributed by atoms with Gasteiger partial charge in [-0.15, -0.1) is 0 Å². The first-order valence-electron chi connectivity index (χ1n) is 5.93. The molecule has 0 unspecified atom stereocenters. The molecule has 108 valence electrons. The van der Waals surface area contributed by atoms with Crippen LogP contribution >= 0.6 is 0 Å². The highest BCUT2D eigenvalue weighted by Crippen LogP contribution is 2.22. The SMILES string of the molecule is Cc1cc(O)ccc1NC(=O)c1ccc([N+](=O)[O-])c(F)c1. The summed E-state index contributed by atoms with van der Waals surface area (Å²) in [5.41, 5.74) is 0.361. The van der Waals surface area contributed by atoms with Gasteiger partial charge in [0, 0.05) is 17.3 Å². The fourth-order valence-electron chi connectivity index (χ4n) is 1.78. The number of nitro benzene ring substituents is 1. The summed E-state index contributed by atoms with van der Waals surface area (Å²) in [6.07, 6.45) is 0. The van der Waals surface area contributed by atoms with Gasteiger partial charge in [-0.1, -0.05) is 0 Å². The number of nitrogens with zero attached hydrogens (tertiary/aromatic N) is 1. The zero-order chi connectivity index (χ0) is 15.6. The van der Waals surface area contributed by atoms with E-state index in [2.05, 4.69) is 5.32 Å². The molecule has 7 heteroatoms. The number of rotatable bonds is 3. The highest BCUT2D eigenvalue weighted by atomic mass is 19.1. The number of nitrogens with one attached hydrogen (secondary N) is 1. The molecule has 0 bridgehead atoms. The molecule has 0 fully saturated rings. The number of benzene rings is 2. The van der Waals surface area contributed by atoms with Crippen LogP contribution in [0.5, 0.6) is 5.75 Å². The molecule has 2 aromatic carbocycles. The van der Waals surface area contributed by atoms with E-state index in [0.29, 0.717) is 11.3 Å². The lowest BCUT2D eigenvalue weighted by Crippen LogP contribution is -2.13. The molecule has 0 radical (unpaired) electrons. The van der Waals surface area contributed by atoms with Crippen LogP contribution in [0.2, 0.25) is 0 Å². The number of halogens is 1. The Morgan fingerprint density at radius 1 is 1.29 bits per heavy atom. The van der Waals surface area contributed by atoms with Crippen LogP contribution in [0.3, 0.4) is 0 Å². The number of hydrogen-bond donors (Lipinski definition) is 2. The maximum Gasteiger partial charge on any atom is 0.304 e. The molecule has 0 saturated heterocycles. The Bertz CT molecular complexity index is 731. The Kier molecular flexibility index (Phi) is 3.84. The summed E-state index contributed by atoms with van der Waals surface area (Å²) in [4.78, 5) is 21.6. The number of hydrogen-bond acceptors (Lipinski definition) is 4. The average molecular weight is 290 g/mol. The number of carbonyl (C=O) groups is 1. The summed E-state index contributed by atoms with van der Waals surface area (Å²) >= 11 is 0. The van der Waals surface area contributed by atoms with Crippen LogP contribution in [0.4, 0.5) is 15.8 Å². The van der Waals surface area contributed by atoms with Crippen molar-refractivity contribution in [2.24, 2.45) is 0 Å². The Balaban J connectivity index is 2.24. The van der Waals surface area contributed by atoms with Gasteiger partial charge in [-0.25, -0.2) is 0 Å². The van der Waals surface area contributed by atoms with Gasteiger partial charge in [-0.05, 0) is 42.8 Å². The topological polar surface area (TPSA) is 92.5 Å². The summed E-state index contributed by atoms with van der Waals surface area (Å²) in [5.74, 6) is -1.61. The van der Waals surface area contributed by atoms with E-state index in [1.54, 1.807) is 6.92 Å². The lowest BCUT2D eigenvalue weighted by atomic mass is 10.1. The minimum Gasteiger partial charge on any atom is -0.508 e.